The Morgan fingerprint density at radius 1 is 1.40 bits per heavy atom. The summed E-state index contributed by atoms with van der Waals surface area (Å²) in [6, 6.07) is 4.51. The molecule has 3 N–H and O–H groups in total. The van der Waals surface area contributed by atoms with Gasteiger partial charge in [0.1, 0.15) is 11.8 Å². The van der Waals surface area contributed by atoms with E-state index in [-0.39, 0.29) is 18.7 Å². The molecular formula is C14H16N2O4. The molecule has 0 heterocycles. The Balaban J connectivity index is 2.70. The van der Waals surface area contributed by atoms with Crippen LogP contribution in [-0.2, 0) is 11.2 Å². The SMILES string of the molecule is C#CCN(C)C(=O)N[C@@H](Cc1ccc(O)cc1)C(=O)O. The number of amides is 2. The fourth-order valence-electron chi connectivity index (χ4n) is 1.54. The van der Waals surface area contributed by atoms with Crippen LogP contribution in [0.1, 0.15) is 5.56 Å². The Morgan fingerprint density at radius 2 is 2.00 bits per heavy atom. The molecule has 1 rings (SSSR count). The number of carboxylic acid groups (broad SMARTS) is 1. The maximum Gasteiger partial charge on any atom is 0.326 e. The molecule has 0 aliphatic carbocycles. The average Bonchev–Trinajstić information content (AvgIpc) is 2.40. The molecule has 0 bridgehead atoms. The van der Waals surface area contributed by atoms with E-state index < -0.39 is 18.0 Å². The second-order valence-corrected chi connectivity index (χ2v) is 4.27. The summed E-state index contributed by atoms with van der Waals surface area (Å²) in [6.45, 7) is 0.0946. The highest BCUT2D eigenvalue weighted by Gasteiger charge is 2.21. The first kappa shape index (κ1) is 15.4. The Morgan fingerprint density at radius 3 is 2.50 bits per heavy atom. The minimum absolute atomic E-state index is 0.0946. The molecule has 6 heteroatoms. The highest BCUT2D eigenvalue weighted by Crippen LogP contribution is 2.11. The van der Waals surface area contributed by atoms with Crippen molar-refractivity contribution in [2.45, 2.75) is 12.5 Å². The van der Waals surface area contributed by atoms with Crippen LogP contribution >= 0.6 is 0 Å². The lowest BCUT2D eigenvalue weighted by Gasteiger charge is -2.19. The van der Waals surface area contributed by atoms with Gasteiger partial charge in [0.2, 0.25) is 0 Å². The van der Waals surface area contributed by atoms with Gasteiger partial charge in [-0.2, -0.15) is 0 Å². The number of aliphatic carboxylic acids is 1. The quantitative estimate of drug-likeness (QED) is 0.689. The van der Waals surface area contributed by atoms with Crippen molar-refractivity contribution in [1.29, 1.82) is 0 Å². The summed E-state index contributed by atoms with van der Waals surface area (Å²) in [6.07, 6.45) is 5.20. The van der Waals surface area contributed by atoms with E-state index in [0.29, 0.717) is 5.56 Å². The standard InChI is InChI=1S/C14H16N2O4/c1-3-8-16(2)14(20)15-12(13(18)19)9-10-4-6-11(17)7-5-10/h1,4-7,12,17H,8-9H2,2H3,(H,15,20)(H,18,19)/t12-/m0/s1. The van der Waals surface area contributed by atoms with Gasteiger partial charge in [0.05, 0.1) is 6.54 Å². The fourth-order valence-corrected chi connectivity index (χ4v) is 1.54. The Bertz CT molecular complexity index is 519. The van der Waals surface area contributed by atoms with Crippen LogP contribution in [-0.4, -0.2) is 46.7 Å². The van der Waals surface area contributed by atoms with Crippen LogP contribution in [0.15, 0.2) is 24.3 Å². The molecule has 0 spiro atoms. The molecule has 0 saturated carbocycles. The van der Waals surface area contributed by atoms with Crippen LogP contribution in [0.25, 0.3) is 0 Å². The lowest BCUT2D eigenvalue weighted by Crippen LogP contribution is -2.47. The number of carbonyl (C=O) groups excluding carboxylic acids is 1. The summed E-state index contributed by atoms with van der Waals surface area (Å²) < 4.78 is 0. The van der Waals surface area contributed by atoms with Gasteiger partial charge in [0, 0.05) is 13.5 Å². The summed E-state index contributed by atoms with van der Waals surface area (Å²) >= 11 is 0. The molecule has 1 aromatic carbocycles. The zero-order chi connectivity index (χ0) is 15.1. The van der Waals surface area contributed by atoms with Crippen LogP contribution in [0.2, 0.25) is 0 Å². The van der Waals surface area contributed by atoms with Gasteiger partial charge in [-0.15, -0.1) is 6.42 Å². The zero-order valence-electron chi connectivity index (χ0n) is 11.0. The van der Waals surface area contributed by atoms with E-state index in [1.165, 1.54) is 24.1 Å². The van der Waals surface area contributed by atoms with Gasteiger partial charge in [-0.1, -0.05) is 18.1 Å². The highest BCUT2D eigenvalue weighted by molar-refractivity contribution is 5.82. The first-order valence-electron chi connectivity index (χ1n) is 5.90. The molecule has 6 nitrogen and oxygen atoms in total. The van der Waals surface area contributed by atoms with Gasteiger partial charge in [-0.25, -0.2) is 9.59 Å². The smallest absolute Gasteiger partial charge is 0.326 e. The lowest BCUT2D eigenvalue weighted by atomic mass is 10.1. The number of benzene rings is 1. The minimum Gasteiger partial charge on any atom is -0.508 e. The molecular weight excluding hydrogens is 260 g/mol. The molecule has 1 atom stereocenters. The van der Waals surface area contributed by atoms with Crippen molar-refractivity contribution in [1.82, 2.24) is 10.2 Å². The largest absolute Gasteiger partial charge is 0.508 e. The highest BCUT2D eigenvalue weighted by atomic mass is 16.4. The summed E-state index contributed by atoms with van der Waals surface area (Å²) in [5.74, 6) is 1.25. The van der Waals surface area contributed by atoms with E-state index in [4.69, 9.17) is 16.6 Å². The lowest BCUT2D eigenvalue weighted by molar-refractivity contribution is -0.139. The average molecular weight is 276 g/mol. The van der Waals surface area contributed by atoms with Crippen molar-refractivity contribution in [2.24, 2.45) is 0 Å². The first-order valence-corrected chi connectivity index (χ1v) is 5.90. The van der Waals surface area contributed by atoms with Crippen LogP contribution in [0.3, 0.4) is 0 Å². The molecule has 0 unspecified atom stereocenters. The van der Waals surface area contributed by atoms with Crippen LogP contribution in [0.5, 0.6) is 5.75 Å². The monoisotopic (exact) mass is 276 g/mol. The van der Waals surface area contributed by atoms with Crippen molar-refractivity contribution in [3.8, 4) is 18.1 Å². The van der Waals surface area contributed by atoms with E-state index in [1.54, 1.807) is 12.1 Å². The van der Waals surface area contributed by atoms with E-state index in [2.05, 4.69) is 11.2 Å². The summed E-state index contributed by atoms with van der Waals surface area (Å²) in [5, 5.41) is 20.7. The molecule has 0 aliphatic rings. The Hall–Kier alpha value is -2.68. The third-order valence-electron chi connectivity index (χ3n) is 2.65. The maximum absolute atomic E-state index is 11.7. The number of hydrogen-bond acceptors (Lipinski definition) is 3. The summed E-state index contributed by atoms with van der Waals surface area (Å²) in [4.78, 5) is 24.1. The van der Waals surface area contributed by atoms with Gasteiger partial charge in [0.25, 0.3) is 0 Å². The molecule has 0 aliphatic heterocycles. The normalized spacial score (nSPS) is 11.2. The Kier molecular flexibility index (Phi) is 5.42. The number of phenols is 1. The van der Waals surface area contributed by atoms with Gasteiger partial charge < -0.3 is 20.4 Å². The molecule has 1 aromatic rings. The third-order valence-corrected chi connectivity index (χ3v) is 2.65. The number of carboxylic acids is 1. The van der Waals surface area contributed by atoms with Crippen LogP contribution < -0.4 is 5.32 Å². The van der Waals surface area contributed by atoms with E-state index in [0.717, 1.165) is 0 Å². The maximum atomic E-state index is 11.7. The number of terminal acetylenes is 1. The Labute approximate surface area is 117 Å². The van der Waals surface area contributed by atoms with Gasteiger partial charge in [-0.3, -0.25) is 0 Å². The number of urea groups is 1. The molecule has 106 valence electrons. The molecule has 20 heavy (non-hydrogen) atoms. The van der Waals surface area contributed by atoms with Gasteiger partial charge in [-0.05, 0) is 17.7 Å². The van der Waals surface area contributed by atoms with E-state index in [1.807, 2.05) is 0 Å². The van der Waals surface area contributed by atoms with Crippen molar-refractivity contribution in [2.75, 3.05) is 13.6 Å². The minimum atomic E-state index is -1.14. The first-order chi connectivity index (χ1) is 9.43. The van der Waals surface area contributed by atoms with Crippen molar-refractivity contribution in [3.05, 3.63) is 29.8 Å². The number of nitrogens with one attached hydrogen (secondary N) is 1. The third kappa shape index (κ3) is 4.53. The molecule has 0 fully saturated rings. The van der Waals surface area contributed by atoms with Crippen molar-refractivity contribution in [3.63, 3.8) is 0 Å². The topological polar surface area (TPSA) is 89.9 Å². The number of aromatic hydroxyl groups is 1. The molecule has 0 saturated heterocycles. The van der Waals surface area contributed by atoms with Crippen LogP contribution in [0.4, 0.5) is 4.79 Å². The second-order valence-electron chi connectivity index (χ2n) is 4.27. The van der Waals surface area contributed by atoms with Gasteiger partial charge >= 0.3 is 12.0 Å². The molecule has 0 radical (unpaired) electrons. The number of nitrogens with zero attached hydrogens (tertiary/aromatic N) is 1. The number of hydrogen-bond donors (Lipinski definition) is 3. The van der Waals surface area contributed by atoms with Crippen molar-refractivity contribution < 1.29 is 19.8 Å². The molecule has 0 aromatic heterocycles. The van der Waals surface area contributed by atoms with E-state index >= 15 is 0 Å². The fraction of sp³-hybridized carbons (Fsp3) is 0.286. The number of rotatable bonds is 5. The number of phenolic OH excluding ortho intramolecular Hbond substituents is 1. The summed E-state index contributed by atoms with van der Waals surface area (Å²) in [7, 11) is 1.48. The van der Waals surface area contributed by atoms with Gasteiger partial charge in [0.15, 0.2) is 0 Å². The predicted molar refractivity (Wildman–Crippen MR) is 73.2 cm³/mol. The predicted octanol–water partition coefficient (Wildman–Crippen LogP) is 0.662. The zero-order valence-corrected chi connectivity index (χ0v) is 11.0. The van der Waals surface area contributed by atoms with E-state index in [9.17, 15) is 9.59 Å². The second kappa shape index (κ2) is 7.04. The molecule has 2 amide bonds. The van der Waals surface area contributed by atoms with Crippen LogP contribution in [0, 0.1) is 12.3 Å². The summed E-state index contributed by atoms with van der Waals surface area (Å²) in [5.41, 5.74) is 0.690. The number of carbonyl (C=O) groups is 2. The van der Waals surface area contributed by atoms with Crippen molar-refractivity contribution >= 4 is 12.0 Å².